The molecule has 2 nitrogen and oxygen atoms in total. The van der Waals surface area contributed by atoms with E-state index < -0.39 is 0 Å². The van der Waals surface area contributed by atoms with Crippen LogP contribution in [0.5, 0.6) is 5.75 Å². The summed E-state index contributed by atoms with van der Waals surface area (Å²) in [5.41, 5.74) is 2.54. The normalized spacial score (nSPS) is 17.2. The van der Waals surface area contributed by atoms with Crippen LogP contribution in [0.15, 0.2) is 12.1 Å². The Bertz CT molecular complexity index is 409. The molecule has 0 amide bonds. The van der Waals surface area contributed by atoms with Gasteiger partial charge < -0.3 is 5.11 Å². The Kier molecular flexibility index (Phi) is 2.89. The van der Waals surface area contributed by atoms with Crippen LogP contribution in [0, 0.1) is 0 Å². The van der Waals surface area contributed by atoms with E-state index >= 15 is 0 Å². The second-order valence-corrected chi connectivity index (χ2v) is 5.76. The van der Waals surface area contributed by atoms with Gasteiger partial charge in [-0.05, 0) is 44.4 Å². The van der Waals surface area contributed by atoms with Crippen molar-refractivity contribution in [2.24, 2.45) is 0 Å². The van der Waals surface area contributed by atoms with Crippen LogP contribution in [-0.2, 0) is 13.0 Å². The first-order valence-corrected chi connectivity index (χ1v) is 6.01. The largest absolute Gasteiger partial charge is 0.506 e. The minimum Gasteiger partial charge on any atom is -0.506 e. The van der Waals surface area contributed by atoms with Gasteiger partial charge in [-0.15, -0.1) is 0 Å². The third-order valence-electron chi connectivity index (χ3n) is 3.26. The molecule has 0 bridgehead atoms. The zero-order chi connectivity index (χ0) is 11.9. The Morgan fingerprint density at radius 2 is 2.00 bits per heavy atom. The fraction of sp³-hybridized carbons (Fsp3) is 0.538. The summed E-state index contributed by atoms with van der Waals surface area (Å²) in [5, 5.41) is 10.1. The van der Waals surface area contributed by atoms with Crippen LogP contribution < -0.4 is 0 Å². The van der Waals surface area contributed by atoms with E-state index in [9.17, 15) is 5.11 Å². The van der Waals surface area contributed by atoms with Gasteiger partial charge in [0.25, 0.3) is 0 Å². The van der Waals surface area contributed by atoms with Gasteiger partial charge in [-0.25, -0.2) is 0 Å². The summed E-state index contributed by atoms with van der Waals surface area (Å²) in [5.74, 6) is 0.199. The number of benzene rings is 1. The molecule has 1 heterocycles. The van der Waals surface area contributed by atoms with E-state index in [-0.39, 0.29) is 11.3 Å². The molecule has 0 fully saturated rings. The van der Waals surface area contributed by atoms with Crippen molar-refractivity contribution in [1.29, 1.82) is 0 Å². The number of nitrogens with zero attached hydrogens (tertiary/aromatic N) is 1. The first-order chi connectivity index (χ1) is 7.39. The van der Waals surface area contributed by atoms with E-state index in [0.29, 0.717) is 5.02 Å². The van der Waals surface area contributed by atoms with Gasteiger partial charge in [-0.2, -0.15) is 0 Å². The lowest BCUT2D eigenvalue weighted by Gasteiger charge is -2.39. The van der Waals surface area contributed by atoms with Crippen molar-refractivity contribution in [2.45, 2.75) is 39.3 Å². The van der Waals surface area contributed by atoms with Crippen LogP contribution in [0.3, 0.4) is 0 Å². The fourth-order valence-corrected chi connectivity index (χ4v) is 2.45. The van der Waals surface area contributed by atoms with Crippen LogP contribution in [-0.4, -0.2) is 22.1 Å². The number of phenols is 1. The number of halogens is 1. The zero-order valence-electron chi connectivity index (χ0n) is 10.0. The summed E-state index contributed by atoms with van der Waals surface area (Å²) in [7, 11) is 0. The van der Waals surface area contributed by atoms with Gasteiger partial charge in [0.2, 0.25) is 0 Å². The molecule has 0 saturated heterocycles. The second kappa shape index (κ2) is 3.94. The Hall–Kier alpha value is -0.730. The van der Waals surface area contributed by atoms with Crippen molar-refractivity contribution in [2.75, 3.05) is 6.54 Å². The van der Waals surface area contributed by atoms with Gasteiger partial charge in [0.1, 0.15) is 5.75 Å². The molecule has 0 aliphatic carbocycles. The van der Waals surface area contributed by atoms with Crippen molar-refractivity contribution in [3.63, 3.8) is 0 Å². The Morgan fingerprint density at radius 1 is 1.31 bits per heavy atom. The van der Waals surface area contributed by atoms with Crippen LogP contribution in [0.1, 0.15) is 31.9 Å². The van der Waals surface area contributed by atoms with Crippen LogP contribution in [0.4, 0.5) is 0 Å². The Balaban J connectivity index is 2.33. The Morgan fingerprint density at radius 3 is 2.62 bits per heavy atom. The van der Waals surface area contributed by atoms with Gasteiger partial charge in [0.15, 0.2) is 0 Å². The van der Waals surface area contributed by atoms with Crippen molar-refractivity contribution in [3.05, 3.63) is 28.3 Å². The minimum atomic E-state index is 0.183. The average Bonchev–Trinajstić information content (AvgIpc) is 2.22. The summed E-state index contributed by atoms with van der Waals surface area (Å²) in [4.78, 5) is 2.43. The highest BCUT2D eigenvalue weighted by Crippen LogP contribution is 2.34. The number of hydrogen-bond donors (Lipinski definition) is 1. The molecule has 16 heavy (non-hydrogen) atoms. The molecule has 0 aromatic heterocycles. The van der Waals surface area contributed by atoms with E-state index in [2.05, 4.69) is 25.7 Å². The quantitative estimate of drug-likeness (QED) is 0.752. The van der Waals surface area contributed by atoms with Crippen molar-refractivity contribution in [3.8, 4) is 5.75 Å². The van der Waals surface area contributed by atoms with Crippen LogP contribution in [0.2, 0.25) is 5.02 Å². The van der Waals surface area contributed by atoms with Gasteiger partial charge in [0.05, 0.1) is 5.02 Å². The average molecular weight is 240 g/mol. The molecule has 1 aliphatic rings. The van der Waals surface area contributed by atoms with E-state index in [1.807, 2.05) is 6.07 Å². The maximum absolute atomic E-state index is 9.56. The monoisotopic (exact) mass is 239 g/mol. The number of fused-ring (bicyclic) bond motifs is 1. The van der Waals surface area contributed by atoms with Crippen molar-refractivity contribution < 1.29 is 5.11 Å². The minimum absolute atomic E-state index is 0.183. The molecule has 1 aliphatic heterocycles. The molecular formula is C13H18ClNO. The SMILES string of the molecule is CC(C)(C)N1CCc2c(ccc(O)c2Cl)C1. The first-order valence-electron chi connectivity index (χ1n) is 5.64. The molecule has 0 saturated carbocycles. The van der Waals surface area contributed by atoms with E-state index in [0.717, 1.165) is 25.1 Å². The van der Waals surface area contributed by atoms with Crippen molar-refractivity contribution >= 4 is 11.6 Å². The topological polar surface area (TPSA) is 23.5 Å². The molecule has 0 spiro atoms. The smallest absolute Gasteiger partial charge is 0.134 e. The number of rotatable bonds is 0. The number of phenolic OH excluding ortho intramolecular Hbond substituents is 1. The first kappa shape index (κ1) is 11.7. The number of hydrogen-bond acceptors (Lipinski definition) is 2. The second-order valence-electron chi connectivity index (χ2n) is 5.38. The lowest BCUT2D eigenvalue weighted by Crippen LogP contribution is -2.44. The molecule has 0 atom stereocenters. The van der Waals surface area contributed by atoms with Gasteiger partial charge in [-0.3, -0.25) is 4.90 Å². The molecule has 3 heteroatoms. The maximum Gasteiger partial charge on any atom is 0.134 e. The standard InChI is InChI=1S/C13H18ClNO/c1-13(2,3)15-7-6-10-9(8-15)4-5-11(16)12(10)14/h4-5,16H,6-8H2,1-3H3. The molecule has 1 aromatic carbocycles. The molecule has 1 aromatic rings. The van der Waals surface area contributed by atoms with E-state index in [1.54, 1.807) is 6.07 Å². The fourth-order valence-electron chi connectivity index (χ4n) is 2.17. The molecule has 1 N–H and O–H groups in total. The van der Waals surface area contributed by atoms with E-state index in [4.69, 9.17) is 11.6 Å². The number of aromatic hydroxyl groups is 1. The zero-order valence-corrected chi connectivity index (χ0v) is 10.8. The maximum atomic E-state index is 9.56. The summed E-state index contributed by atoms with van der Waals surface area (Å²) in [6.45, 7) is 8.58. The molecule has 0 radical (unpaired) electrons. The summed E-state index contributed by atoms with van der Waals surface area (Å²) < 4.78 is 0. The molecular weight excluding hydrogens is 222 g/mol. The highest BCUT2D eigenvalue weighted by molar-refractivity contribution is 6.32. The lowest BCUT2D eigenvalue weighted by atomic mass is 9.95. The lowest BCUT2D eigenvalue weighted by molar-refractivity contribution is 0.121. The Labute approximate surface area is 102 Å². The molecule has 88 valence electrons. The third-order valence-corrected chi connectivity index (χ3v) is 3.68. The van der Waals surface area contributed by atoms with E-state index in [1.165, 1.54) is 5.56 Å². The predicted molar refractivity (Wildman–Crippen MR) is 67.0 cm³/mol. The summed E-state index contributed by atoms with van der Waals surface area (Å²) in [6.07, 6.45) is 0.917. The molecule has 2 rings (SSSR count). The summed E-state index contributed by atoms with van der Waals surface area (Å²) in [6, 6.07) is 3.67. The van der Waals surface area contributed by atoms with Crippen LogP contribution >= 0.6 is 11.6 Å². The van der Waals surface area contributed by atoms with Gasteiger partial charge in [-0.1, -0.05) is 17.7 Å². The van der Waals surface area contributed by atoms with Gasteiger partial charge >= 0.3 is 0 Å². The highest BCUT2D eigenvalue weighted by atomic mass is 35.5. The predicted octanol–water partition coefficient (Wildman–Crippen LogP) is 3.20. The third kappa shape index (κ3) is 2.04. The molecule has 0 unspecified atom stereocenters. The highest BCUT2D eigenvalue weighted by Gasteiger charge is 2.27. The van der Waals surface area contributed by atoms with Crippen molar-refractivity contribution in [1.82, 2.24) is 4.90 Å². The summed E-state index contributed by atoms with van der Waals surface area (Å²) >= 11 is 6.10. The van der Waals surface area contributed by atoms with Gasteiger partial charge in [0, 0.05) is 18.6 Å². The van der Waals surface area contributed by atoms with Crippen LogP contribution in [0.25, 0.3) is 0 Å².